The van der Waals surface area contributed by atoms with Crippen molar-refractivity contribution in [3.8, 4) is 11.8 Å². The van der Waals surface area contributed by atoms with Crippen molar-refractivity contribution >= 4 is 22.2 Å². The molecule has 1 aromatic carbocycles. The van der Waals surface area contributed by atoms with Gasteiger partial charge in [0.25, 0.3) is 5.91 Å². The van der Waals surface area contributed by atoms with Crippen molar-refractivity contribution < 1.29 is 13.9 Å². The molecule has 2 heterocycles. The van der Waals surface area contributed by atoms with Crippen molar-refractivity contribution in [2.24, 2.45) is 0 Å². The van der Waals surface area contributed by atoms with Crippen LogP contribution in [-0.2, 0) is 19.6 Å². The van der Waals surface area contributed by atoms with Gasteiger partial charge in [-0.15, -0.1) is 11.3 Å². The number of thiophene rings is 1. The summed E-state index contributed by atoms with van der Waals surface area (Å²) in [7, 11) is 0. The van der Waals surface area contributed by atoms with Gasteiger partial charge in [-0.1, -0.05) is 0 Å². The number of amides is 1. The molecule has 0 radical (unpaired) electrons. The number of nitrogens with one attached hydrogen (secondary N) is 1. The first-order valence-corrected chi connectivity index (χ1v) is 9.73. The standard InChI is InChI=1S/C20H17FN4O2S/c21-13-5-7-14(8-6-13)27-12-25-10-9-17(24-25)19(26)23-20-16(11-22)15-3-1-2-4-18(15)28-20/h5-10H,1-4,12H2,(H,23,26). The lowest BCUT2D eigenvalue weighted by Crippen LogP contribution is -2.14. The van der Waals surface area contributed by atoms with E-state index in [1.165, 1.54) is 45.2 Å². The molecule has 1 amide bonds. The predicted octanol–water partition coefficient (Wildman–Crippen LogP) is 4.12. The molecule has 1 N–H and O–H groups in total. The lowest BCUT2D eigenvalue weighted by Gasteiger charge is -2.09. The molecule has 6 nitrogen and oxygen atoms in total. The quantitative estimate of drug-likeness (QED) is 0.703. The van der Waals surface area contributed by atoms with Gasteiger partial charge in [-0.2, -0.15) is 10.4 Å². The van der Waals surface area contributed by atoms with Gasteiger partial charge in [-0.25, -0.2) is 9.07 Å². The molecular formula is C20H17FN4O2S. The zero-order chi connectivity index (χ0) is 19.5. The molecule has 1 aliphatic rings. The number of carbonyl (C=O) groups excluding carboxylic acids is 1. The number of carbonyl (C=O) groups is 1. The lowest BCUT2D eigenvalue weighted by molar-refractivity contribution is 0.102. The zero-order valence-corrected chi connectivity index (χ0v) is 15.8. The van der Waals surface area contributed by atoms with E-state index in [9.17, 15) is 14.4 Å². The highest BCUT2D eigenvalue weighted by molar-refractivity contribution is 7.16. The van der Waals surface area contributed by atoms with E-state index in [4.69, 9.17) is 4.74 Å². The molecular weight excluding hydrogens is 379 g/mol. The third-order valence-corrected chi connectivity index (χ3v) is 5.77. The molecule has 0 unspecified atom stereocenters. The Balaban J connectivity index is 1.43. The molecule has 0 aliphatic heterocycles. The van der Waals surface area contributed by atoms with Crippen LogP contribution in [-0.4, -0.2) is 15.7 Å². The number of hydrogen-bond acceptors (Lipinski definition) is 5. The van der Waals surface area contributed by atoms with Crippen LogP contribution >= 0.6 is 11.3 Å². The number of halogens is 1. The van der Waals surface area contributed by atoms with E-state index in [0.29, 0.717) is 16.3 Å². The summed E-state index contributed by atoms with van der Waals surface area (Å²) in [5, 5.41) is 17.1. The van der Waals surface area contributed by atoms with E-state index in [0.717, 1.165) is 31.2 Å². The maximum absolute atomic E-state index is 12.9. The van der Waals surface area contributed by atoms with Gasteiger partial charge in [0.1, 0.15) is 22.6 Å². The third kappa shape index (κ3) is 3.75. The molecule has 0 saturated heterocycles. The number of nitrogens with zero attached hydrogens (tertiary/aromatic N) is 3. The Bertz CT molecular complexity index is 1050. The van der Waals surface area contributed by atoms with E-state index in [1.54, 1.807) is 12.3 Å². The van der Waals surface area contributed by atoms with Crippen LogP contribution in [0.5, 0.6) is 5.75 Å². The number of fused-ring (bicyclic) bond motifs is 1. The maximum Gasteiger partial charge on any atom is 0.276 e. The van der Waals surface area contributed by atoms with Gasteiger partial charge in [-0.05, 0) is 61.6 Å². The molecule has 8 heteroatoms. The smallest absolute Gasteiger partial charge is 0.276 e. The maximum atomic E-state index is 12.9. The highest BCUT2D eigenvalue weighted by Crippen LogP contribution is 2.37. The largest absolute Gasteiger partial charge is 0.471 e. The van der Waals surface area contributed by atoms with Crippen molar-refractivity contribution in [2.75, 3.05) is 5.32 Å². The van der Waals surface area contributed by atoms with Crippen LogP contribution in [0.15, 0.2) is 36.5 Å². The number of aryl methyl sites for hydroxylation is 1. The molecule has 28 heavy (non-hydrogen) atoms. The van der Waals surface area contributed by atoms with Crippen LogP contribution in [0.1, 0.15) is 39.3 Å². The van der Waals surface area contributed by atoms with E-state index in [1.807, 2.05) is 0 Å². The minimum Gasteiger partial charge on any atom is -0.471 e. The summed E-state index contributed by atoms with van der Waals surface area (Å²) < 4.78 is 19.9. The Morgan fingerprint density at radius 3 is 2.86 bits per heavy atom. The SMILES string of the molecule is N#Cc1c(NC(=O)c2ccn(COc3ccc(F)cc3)n2)sc2c1CCCC2. The number of anilines is 1. The second kappa shape index (κ2) is 7.82. The number of hydrogen-bond donors (Lipinski definition) is 1. The van der Waals surface area contributed by atoms with Crippen LogP contribution in [0.4, 0.5) is 9.39 Å². The molecule has 0 fully saturated rings. The fourth-order valence-corrected chi connectivity index (χ4v) is 4.40. The Kier molecular flexibility index (Phi) is 5.08. The van der Waals surface area contributed by atoms with Gasteiger partial charge >= 0.3 is 0 Å². The molecule has 4 rings (SSSR count). The average molecular weight is 396 g/mol. The summed E-state index contributed by atoms with van der Waals surface area (Å²) >= 11 is 1.48. The van der Waals surface area contributed by atoms with Crippen LogP contribution in [0, 0.1) is 17.1 Å². The van der Waals surface area contributed by atoms with Crippen molar-refractivity contribution in [1.82, 2.24) is 9.78 Å². The second-order valence-corrected chi connectivity index (χ2v) is 7.55. The van der Waals surface area contributed by atoms with Gasteiger partial charge in [0.2, 0.25) is 0 Å². The molecule has 2 aromatic heterocycles. The average Bonchev–Trinajstić information content (AvgIpc) is 3.31. The van der Waals surface area contributed by atoms with Gasteiger partial charge in [0.05, 0.1) is 5.56 Å². The Hall–Kier alpha value is -3.18. The Morgan fingerprint density at radius 1 is 1.29 bits per heavy atom. The number of aromatic nitrogens is 2. The molecule has 3 aromatic rings. The molecule has 0 spiro atoms. The Labute approximate surface area is 165 Å². The number of benzene rings is 1. The van der Waals surface area contributed by atoms with Crippen molar-refractivity contribution in [3.63, 3.8) is 0 Å². The molecule has 142 valence electrons. The van der Waals surface area contributed by atoms with E-state index >= 15 is 0 Å². The third-order valence-electron chi connectivity index (χ3n) is 4.56. The first kappa shape index (κ1) is 18.2. The van der Waals surface area contributed by atoms with E-state index in [2.05, 4.69) is 16.5 Å². The van der Waals surface area contributed by atoms with Crippen LogP contribution < -0.4 is 10.1 Å². The fourth-order valence-electron chi connectivity index (χ4n) is 3.17. The van der Waals surface area contributed by atoms with E-state index in [-0.39, 0.29) is 24.1 Å². The second-order valence-electron chi connectivity index (χ2n) is 6.45. The van der Waals surface area contributed by atoms with Crippen LogP contribution in [0.2, 0.25) is 0 Å². The summed E-state index contributed by atoms with van der Waals surface area (Å²) in [4.78, 5) is 13.7. The van der Waals surface area contributed by atoms with Gasteiger partial charge in [-0.3, -0.25) is 4.79 Å². The molecule has 0 saturated carbocycles. The normalized spacial score (nSPS) is 12.9. The van der Waals surface area contributed by atoms with Gasteiger partial charge in [0.15, 0.2) is 12.4 Å². The Morgan fingerprint density at radius 2 is 2.07 bits per heavy atom. The first-order valence-electron chi connectivity index (χ1n) is 8.92. The van der Waals surface area contributed by atoms with Gasteiger partial charge < -0.3 is 10.1 Å². The summed E-state index contributed by atoms with van der Waals surface area (Å²) in [5.41, 5.74) is 1.89. The lowest BCUT2D eigenvalue weighted by atomic mass is 9.96. The fraction of sp³-hybridized carbons (Fsp3) is 0.250. The van der Waals surface area contributed by atoms with Crippen molar-refractivity contribution in [3.05, 3.63) is 64.0 Å². The summed E-state index contributed by atoms with van der Waals surface area (Å²) in [6, 6.07) is 9.48. The van der Waals surface area contributed by atoms with Gasteiger partial charge in [0, 0.05) is 11.1 Å². The topological polar surface area (TPSA) is 79.9 Å². The minimum absolute atomic E-state index is 0.0929. The minimum atomic E-state index is -0.365. The first-order chi connectivity index (χ1) is 13.6. The number of rotatable bonds is 5. The zero-order valence-electron chi connectivity index (χ0n) is 14.9. The predicted molar refractivity (Wildman–Crippen MR) is 103 cm³/mol. The summed E-state index contributed by atoms with van der Waals surface area (Å²) in [6.07, 6.45) is 5.66. The van der Waals surface area contributed by atoms with Crippen molar-refractivity contribution in [2.45, 2.75) is 32.4 Å². The number of ether oxygens (including phenoxy) is 1. The molecule has 1 aliphatic carbocycles. The van der Waals surface area contributed by atoms with E-state index < -0.39 is 0 Å². The van der Waals surface area contributed by atoms with Crippen LogP contribution in [0.3, 0.4) is 0 Å². The number of nitriles is 1. The van der Waals surface area contributed by atoms with Crippen molar-refractivity contribution in [1.29, 1.82) is 5.26 Å². The van der Waals surface area contributed by atoms with Crippen LogP contribution in [0.25, 0.3) is 0 Å². The highest BCUT2D eigenvalue weighted by atomic mass is 32.1. The highest BCUT2D eigenvalue weighted by Gasteiger charge is 2.22. The molecule has 0 bridgehead atoms. The molecule has 0 atom stereocenters. The summed E-state index contributed by atoms with van der Waals surface area (Å²) in [6.45, 7) is 0.0929. The monoisotopic (exact) mass is 396 g/mol. The summed E-state index contributed by atoms with van der Waals surface area (Å²) in [5.74, 6) is -0.196.